The first-order valence-corrected chi connectivity index (χ1v) is 8.88. The Labute approximate surface area is 148 Å². The van der Waals surface area contributed by atoms with Gasteiger partial charge in [0.1, 0.15) is 22.7 Å². The van der Waals surface area contributed by atoms with Gasteiger partial charge in [0.05, 0.1) is 10.6 Å². The zero-order valence-corrected chi connectivity index (χ0v) is 15.0. The lowest BCUT2D eigenvalue weighted by Crippen LogP contribution is -2.28. The molecule has 1 aromatic carbocycles. The number of aromatic carboxylic acids is 1. The van der Waals surface area contributed by atoms with Crippen molar-refractivity contribution >= 4 is 32.8 Å². The summed E-state index contributed by atoms with van der Waals surface area (Å²) in [6.07, 6.45) is 1.10. The van der Waals surface area contributed by atoms with Gasteiger partial charge in [0, 0.05) is 20.3 Å². The van der Waals surface area contributed by atoms with Crippen LogP contribution in [0.2, 0.25) is 0 Å². The molecule has 136 valence electrons. The van der Waals surface area contributed by atoms with Gasteiger partial charge in [0.25, 0.3) is 10.0 Å². The molecule has 0 atom stereocenters. The number of imidazole rings is 1. The number of carboxylic acid groups (broad SMARTS) is 1. The molecule has 0 saturated carbocycles. The quantitative estimate of drug-likeness (QED) is 0.744. The van der Waals surface area contributed by atoms with Gasteiger partial charge in [-0.1, -0.05) is 0 Å². The lowest BCUT2D eigenvalue weighted by molar-refractivity contribution is 0.0697. The summed E-state index contributed by atoms with van der Waals surface area (Å²) in [5.41, 5.74) is 0.0982. The van der Waals surface area contributed by atoms with Gasteiger partial charge in [-0.05, 0) is 31.2 Å². The number of anilines is 1. The van der Waals surface area contributed by atoms with Crippen molar-refractivity contribution in [3.63, 3.8) is 0 Å². The molecule has 0 bridgehead atoms. The summed E-state index contributed by atoms with van der Waals surface area (Å²) in [5.74, 6) is -1.37. The Morgan fingerprint density at radius 2 is 1.88 bits per heavy atom. The Bertz CT molecular complexity index is 1120. The molecule has 0 aliphatic rings. The number of hydrogen-bond donors (Lipinski definition) is 1. The highest BCUT2D eigenvalue weighted by atomic mass is 32.2. The SMILES string of the molecule is Cc1nc2c(N(C)S(=O)(=O)c3ccc(F)cc3)c(C(=O)O)cnc2n1C. The van der Waals surface area contributed by atoms with E-state index in [0.717, 1.165) is 34.8 Å². The highest BCUT2D eigenvalue weighted by Crippen LogP contribution is 2.32. The van der Waals surface area contributed by atoms with E-state index < -0.39 is 21.8 Å². The van der Waals surface area contributed by atoms with Gasteiger partial charge in [-0.15, -0.1) is 0 Å². The molecule has 26 heavy (non-hydrogen) atoms. The number of carbonyl (C=O) groups is 1. The number of pyridine rings is 1. The standard InChI is InChI=1S/C16H15FN4O4S/c1-9-19-13-14(12(16(22)23)8-18-15(13)20(9)2)21(3)26(24,25)11-6-4-10(17)5-7-11/h4-8H,1-3H3,(H,22,23). The minimum Gasteiger partial charge on any atom is -0.478 e. The molecule has 0 aliphatic heterocycles. The van der Waals surface area contributed by atoms with E-state index in [1.165, 1.54) is 7.05 Å². The van der Waals surface area contributed by atoms with E-state index in [1.807, 2.05) is 0 Å². The molecule has 3 rings (SSSR count). The average Bonchev–Trinajstić information content (AvgIpc) is 2.88. The molecule has 0 spiro atoms. The Hall–Kier alpha value is -3.01. The van der Waals surface area contributed by atoms with Crippen molar-refractivity contribution in [2.75, 3.05) is 11.4 Å². The minimum atomic E-state index is -4.13. The Kier molecular flexibility index (Phi) is 4.15. The molecule has 0 aliphatic carbocycles. The molecular formula is C16H15FN4O4S. The number of hydrogen-bond acceptors (Lipinski definition) is 5. The average molecular weight is 378 g/mol. The van der Waals surface area contributed by atoms with Crippen LogP contribution in [-0.2, 0) is 17.1 Å². The zero-order chi connectivity index (χ0) is 19.2. The van der Waals surface area contributed by atoms with E-state index in [0.29, 0.717) is 11.5 Å². The number of aryl methyl sites for hydroxylation is 2. The number of fused-ring (bicyclic) bond motifs is 1. The van der Waals surface area contributed by atoms with E-state index in [9.17, 15) is 22.7 Å². The smallest absolute Gasteiger partial charge is 0.339 e. The van der Waals surface area contributed by atoms with Crippen molar-refractivity contribution < 1.29 is 22.7 Å². The van der Waals surface area contributed by atoms with Gasteiger partial charge >= 0.3 is 5.97 Å². The summed E-state index contributed by atoms with van der Waals surface area (Å²) in [4.78, 5) is 19.8. The number of rotatable bonds is 4. The summed E-state index contributed by atoms with van der Waals surface area (Å²) in [5, 5.41) is 9.48. The van der Waals surface area contributed by atoms with Crippen molar-refractivity contribution in [3.8, 4) is 0 Å². The number of sulfonamides is 1. The van der Waals surface area contributed by atoms with Crippen LogP contribution in [0.25, 0.3) is 11.2 Å². The van der Waals surface area contributed by atoms with Gasteiger partial charge in [-0.2, -0.15) is 0 Å². The molecule has 3 aromatic rings. The third-order valence-electron chi connectivity index (χ3n) is 4.10. The van der Waals surface area contributed by atoms with Gasteiger partial charge in [0.2, 0.25) is 0 Å². The van der Waals surface area contributed by atoms with Gasteiger partial charge in [-0.25, -0.2) is 27.6 Å². The maximum atomic E-state index is 13.1. The summed E-state index contributed by atoms with van der Waals surface area (Å²) >= 11 is 0. The van der Waals surface area contributed by atoms with Crippen LogP contribution in [0.15, 0.2) is 35.4 Å². The van der Waals surface area contributed by atoms with E-state index in [-0.39, 0.29) is 21.7 Å². The third kappa shape index (κ3) is 2.68. The molecule has 0 unspecified atom stereocenters. The largest absolute Gasteiger partial charge is 0.478 e. The lowest BCUT2D eigenvalue weighted by Gasteiger charge is -2.21. The molecule has 10 heteroatoms. The van der Waals surface area contributed by atoms with Crippen molar-refractivity contribution in [1.82, 2.24) is 14.5 Å². The Morgan fingerprint density at radius 1 is 1.27 bits per heavy atom. The number of nitrogens with zero attached hydrogens (tertiary/aromatic N) is 4. The number of benzene rings is 1. The monoisotopic (exact) mass is 378 g/mol. The maximum Gasteiger partial charge on any atom is 0.339 e. The predicted octanol–water partition coefficient (Wildman–Crippen LogP) is 1.94. The van der Waals surface area contributed by atoms with Crippen LogP contribution in [0.3, 0.4) is 0 Å². The van der Waals surface area contributed by atoms with Gasteiger partial charge in [-0.3, -0.25) is 4.31 Å². The molecule has 0 amide bonds. The second-order valence-corrected chi connectivity index (χ2v) is 7.61. The van der Waals surface area contributed by atoms with Crippen LogP contribution in [0.1, 0.15) is 16.2 Å². The summed E-state index contributed by atoms with van der Waals surface area (Å²) in [7, 11) is -1.22. The fourth-order valence-corrected chi connectivity index (χ4v) is 3.80. The van der Waals surface area contributed by atoms with Gasteiger partial charge in [0.15, 0.2) is 5.65 Å². The van der Waals surface area contributed by atoms with E-state index >= 15 is 0 Å². The summed E-state index contributed by atoms with van der Waals surface area (Å²) in [6, 6.07) is 4.27. The normalized spacial score (nSPS) is 11.7. The third-order valence-corrected chi connectivity index (χ3v) is 5.87. The molecule has 0 saturated heterocycles. The molecule has 1 N–H and O–H groups in total. The Morgan fingerprint density at radius 3 is 2.46 bits per heavy atom. The summed E-state index contributed by atoms with van der Waals surface area (Å²) in [6.45, 7) is 1.69. The topological polar surface area (TPSA) is 105 Å². The first kappa shape index (κ1) is 17.8. The van der Waals surface area contributed by atoms with E-state index in [4.69, 9.17) is 0 Å². The van der Waals surface area contributed by atoms with Crippen LogP contribution in [0.4, 0.5) is 10.1 Å². The number of halogens is 1. The van der Waals surface area contributed by atoms with Crippen molar-refractivity contribution in [3.05, 3.63) is 47.7 Å². The first-order valence-electron chi connectivity index (χ1n) is 7.44. The molecule has 2 heterocycles. The lowest BCUT2D eigenvalue weighted by atomic mass is 10.2. The van der Waals surface area contributed by atoms with Crippen molar-refractivity contribution in [2.45, 2.75) is 11.8 Å². The molecule has 0 radical (unpaired) electrons. The fraction of sp³-hybridized carbons (Fsp3) is 0.188. The molecule has 8 nitrogen and oxygen atoms in total. The van der Waals surface area contributed by atoms with Crippen molar-refractivity contribution in [1.29, 1.82) is 0 Å². The Balaban J connectivity index is 2.29. The second kappa shape index (κ2) is 6.06. The van der Waals surface area contributed by atoms with Gasteiger partial charge < -0.3 is 9.67 Å². The second-order valence-electron chi connectivity index (χ2n) is 5.64. The minimum absolute atomic E-state index is 0.101. The van der Waals surface area contributed by atoms with E-state index in [2.05, 4.69) is 9.97 Å². The van der Waals surface area contributed by atoms with Crippen LogP contribution < -0.4 is 4.31 Å². The highest BCUT2D eigenvalue weighted by Gasteiger charge is 2.29. The van der Waals surface area contributed by atoms with Crippen LogP contribution in [0, 0.1) is 12.7 Å². The molecule has 2 aromatic heterocycles. The van der Waals surface area contributed by atoms with E-state index in [1.54, 1.807) is 18.5 Å². The zero-order valence-electron chi connectivity index (χ0n) is 14.1. The predicted molar refractivity (Wildman–Crippen MR) is 92.2 cm³/mol. The van der Waals surface area contributed by atoms with Crippen LogP contribution in [0.5, 0.6) is 0 Å². The van der Waals surface area contributed by atoms with Crippen molar-refractivity contribution in [2.24, 2.45) is 7.05 Å². The number of aromatic nitrogens is 3. The van der Waals surface area contributed by atoms with Crippen LogP contribution in [-0.4, -0.2) is 41.1 Å². The number of carboxylic acids is 1. The van der Waals surface area contributed by atoms with Crippen LogP contribution >= 0.6 is 0 Å². The fourth-order valence-electron chi connectivity index (χ4n) is 2.58. The summed E-state index contributed by atoms with van der Waals surface area (Å²) < 4.78 is 41.4. The molecular weight excluding hydrogens is 363 g/mol. The maximum absolute atomic E-state index is 13.1. The first-order chi connectivity index (χ1) is 12.1. The highest BCUT2D eigenvalue weighted by molar-refractivity contribution is 7.92. The molecule has 0 fully saturated rings.